The van der Waals surface area contributed by atoms with Crippen LogP contribution in [0.15, 0.2) is 24.3 Å². The molecule has 3 N–H and O–H groups in total. The molecule has 1 atom stereocenters. The van der Waals surface area contributed by atoms with Gasteiger partial charge in [-0.25, -0.2) is 8.42 Å². The van der Waals surface area contributed by atoms with Crippen LogP contribution in [0.2, 0.25) is 0 Å². The predicted octanol–water partition coefficient (Wildman–Crippen LogP) is 0.786. The van der Waals surface area contributed by atoms with Crippen LogP contribution >= 0.6 is 0 Å². The molecule has 0 heterocycles. The molecule has 0 aromatic heterocycles. The molecule has 0 saturated carbocycles. The Morgan fingerprint density at radius 3 is 2.45 bits per heavy atom. The molecular formula is C13H20N2O4S. The highest BCUT2D eigenvalue weighted by Crippen LogP contribution is 2.16. The van der Waals surface area contributed by atoms with Gasteiger partial charge in [0.2, 0.25) is 0 Å². The number of carbonyl (C=O) groups is 1. The van der Waals surface area contributed by atoms with Crippen molar-refractivity contribution in [2.45, 2.75) is 19.9 Å². The standard InChI is InChI=1S/C13H20N2O4S/c1-3-20(17,18)9-10(2)15-11-4-6-12(7-5-11)19-8-13(14)16/h4-7,10,15H,3,8-9H2,1-2H3,(H2,14,16). The Bertz CT molecular complexity index is 540. The second kappa shape index (κ2) is 7.14. The Hall–Kier alpha value is -1.76. The molecule has 1 amide bonds. The Kier molecular flexibility index (Phi) is 5.82. The minimum atomic E-state index is -3.00. The number of nitrogens with one attached hydrogen (secondary N) is 1. The maximum atomic E-state index is 11.5. The Balaban J connectivity index is 2.54. The predicted molar refractivity (Wildman–Crippen MR) is 78.5 cm³/mol. The zero-order valence-electron chi connectivity index (χ0n) is 11.6. The highest BCUT2D eigenvalue weighted by atomic mass is 32.2. The van der Waals surface area contributed by atoms with Crippen molar-refractivity contribution < 1.29 is 17.9 Å². The van der Waals surface area contributed by atoms with Crippen molar-refractivity contribution in [3.63, 3.8) is 0 Å². The third-order valence-corrected chi connectivity index (χ3v) is 4.48. The van der Waals surface area contributed by atoms with Gasteiger partial charge in [-0.15, -0.1) is 0 Å². The van der Waals surface area contributed by atoms with Crippen LogP contribution in [0.3, 0.4) is 0 Å². The molecule has 1 unspecified atom stereocenters. The summed E-state index contributed by atoms with van der Waals surface area (Å²) in [6.45, 7) is 3.27. The summed E-state index contributed by atoms with van der Waals surface area (Å²) in [6, 6.07) is 6.70. The van der Waals surface area contributed by atoms with Crippen LogP contribution in [0.4, 0.5) is 5.69 Å². The highest BCUT2D eigenvalue weighted by molar-refractivity contribution is 7.91. The first-order chi connectivity index (χ1) is 9.32. The lowest BCUT2D eigenvalue weighted by atomic mass is 10.2. The number of amides is 1. The Labute approximate surface area is 119 Å². The van der Waals surface area contributed by atoms with E-state index in [1.807, 2.05) is 6.92 Å². The van der Waals surface area contributed by atoms with Crippen molar-refractivity contribution in [3.05, 3.63) is 24.3 Å². The number of anilines is 1. The van der Waals surface area contributed by atoms with Crippen LogP contribution in [0.25, 0.3) is 0 Å². The molecule has 1 aromatic rings. The summed E-state index contributed by atoms with van der Waals surface area (Å²) in [7, 11) is -3.00. The van der Waals surface area contributed by atoms with Gasteiger partial charge in [0, 0.05) is 17.5 Å². The summed E-state index contributed by atoms with van der Waals surface area (Å²) in [6.07, 6.45) is 0. The van der Waals surface area contributed by atoms with Crippen molar-refractivity contribution in [1.82, 2.24) is 0 Å². The van der Waals surface area contributed by atoms with Crippen molar-refractivity contribution in [1.29, 1.82) is 0 Å². The minimum Gasteiger partial charge on any atom is -0.484 e. The van der Waals surface area contributed by atoms with Gasteiger partial charge < -0.3 is 15.8 Å². The first-order valence-electron chi connectivity index (χ1n) is 6.30. The first kappa shape index (κ1) is 16.3. The second-order valence-electron chi connectivity index (χ2n) is 4.52. The summed E-state index contributed by atoms with van der Waals surface area (Å²) in [5, 5.41) is 3.10. The van der Waals surface area contributed by atoms with Gasteiger partial charge in [-0.3, -0.25) is 4.79 Å². The second-order valence-corrected chi connectivity index (χ2v) is 6.92. The van der Waals surface area contributed by atoms with Crippen LogP contribution in [-0.2, 0) is 14.6 Å². The van der Waals surface area contributed by atoms with Crippen LogP contribution in [0, 0.1) is 0 Å². The van der Waals surface area contributed by atoms with E-state index in [1.54, 1.807) is 31.2 Å². The summed E-state index contributed by atoms with van der Waals surface area (Å²) < 4.78 is 28.1. The van der Waals surface area contributed by atoms with Crippen molar-refractivity contribution in [3.8, 4) is 5.75 Å². The average Bonchev–Trinajstić information content (AvgIpc) is 2.37. The molecule has 0 fully saturated rings. The molecule has 0 aliphatic rings. The van der Waals surface area contributed by atoms with Gasteiger partial charge in [-0.2, -0.15) is 0 Å². The van der Waals surface area contributed by atoms with Crippen LogP contribution in [0.1, 0.15) is 13.8 Å². The van der Waals surface area contributed by atoms with E-state index in [0.717, 1.165) is 5.69 Å². The number of sulfone groups is 1. The SMILES string of the molecule is CCS(=O)(=O)CC(C)Nc1ccc(OCC(N)=O)cc1. The first-order valence-corrected chi connectivity index (χ1v) is 8.12. The maximum absolute atomic E-state index is 11.5. The fourth-order valence-electron chi connectivity index (χ4n) is 1.63. The number of primary amides is 1. The van der Waals surface area contributed by atoms with E-state index >= 15 is 0 Å². The van der Waals surface area contributed by atoms with Crippen LogP contribution in [-0.4, -0.2) is 38.5 Å². The summed E-state index contributed by atoms with van der Waals surface area (Å²) in [5.41, 5.74) is 5.76. The third-order valence-electron chi connectivity index (χ3n) is 2.59. The number of ether oxygens (including phenoxy) is 1. The Morgan fingerprint density at radius 2 is 1.95 bits per heavy atom. The van der Waals surface area contributed by atoms with Gasteiger partial charge in [0.1, 0.15) is 5.75 Å². The smallest absolute Gasteiger partial charge is 0.255 e. The number of benzene rings is 1. The quantitative estimate of drug-likeness (QED) is 0.739. The molecule has 0 radical (unpaired) electrons. The monoisotopic (exact) mass is 300 g/mol. The molecule has 0 aliphatic heterocycles. The van der Waals surface area contributed by atoms with E-state index in [-0.39, 0.29) is 24.2 Å². The number of nitrogens with two attached hydrogens (primary N) is 1. The highest BCUT2D eigenvalue weighted by Gasteiger charge is 2.13. The molecule has 0 spiro atoms. The average molecular weight is 300 g/mol. The van der Waals surface area contributed by atoms with Gasteiger partial charge in [-0.05, 0) is 31.2 Å². The minimum absolute atomic E-state index is 0.0867. The molecule has 7 heteroatoms. The van der Waals surface area contributed by atoms with E-state index in [2.05, 4.69) is 5.32 Å². The molecule has 112 valence electrons. The van der Waals surface area contributed by atoms with E-state index < -0.39 is 15.7 Å². The molecule has 0 saturated heterocycles. The van der Waals surface area contributed by atoms with E-state index in [4.69, 9.17) is 10.5 Å². The topological polar surface area (TPSA) is 98.5 Å². The van der Waals surface area contributed by atoms with Crippen LogP contribution < -0.4 is 15.8 Å². The molecular weight excluding hydrogens is 280 g/mol. The molecule has 0 aliphatic carbocycles. The van der Waals surface area contributed by atoms with Crippen molar-refractivity contribution >= 4 is 21.4 Å². The lowest BCUT2D eigenvalue weighted by Gasteiger charge is -2.15. The molecule has 1 rings (SSSR count). The van der Waals surface area contributed by atoms with E-state index in [1.165, 1.54) is 0 Å². The van der Waals surface area contributed by atoms with Gasteiger partial charge in [0.15, 0.2) is 16.4 Å². The van der Waals surface area contributed by atoms with E-state index in [9.17, 15) is 13.2 Å². The van der Waals surface area contributed by atoms with Gasteiger partial charge in [0.05, 0.1) is 5.75 Å². The third kappa shape index (κ3) is 5.92. The Morgan fingerprint density at radius 1 is 1.35 bits per heavy atom. The fraction of sp³-hybridized carbons (Fsp3) is 0.462. The molecule has 6 nitrogen and oxygen atoms in total. The summed E-state index contributed by atoms with van der Waals surface area (Å²) >= 11 is 0. The fourth-order valence-corrected chi connectivity index (χ4v) is 2.71. The summed E-state index contributed by atoms with van der Waals surface area (Å²) in [4.78, 5) is 10.6. The zero-order valence-corrected chi connectivity index (χ0v) is 12.4. The molecule has 0 bridgehead atoms. The lowest BCUT2D eigenvalue weighted by Crippen LogP contribution is -2.26. The number of hydrogen-bond donors (Lipinski definition) is 2. The van der Waals surface area contributed by atoms with E-state index in [0.29, 0.717) is 5.75 Å². The van der Waals surface area contributed by atoms with Gasteiger partial charge >= 0.3 is 0 Å². The largest absolute Gasteiger partial charge is 0.484 e. The molecule has 1 aromatic carbocycles. The number of hydrogen-bond acceptors (Lipinski definition) is 5. The lowest BCUT2D eigenvalue weighted by molar-refractivity contribution is -0.119. The molecule has 20 heavy (non-hydrogen) atoms. The normalized spacial score (nSPS) is 12.7. The van der Waals surface area contributed by atoms with Crippen molar-refractivity contribution in [2.24, 2.45) is 5.73 Å². The van der Waals surface area contributed by atoms with Gasteiger partial charge in [0.25, 0.3) is 5.91 Å². The zero-order chi connectivity index (χ0) is 15.2. The van der Waals surface area contributed by atoms with Crippen LogP contribution in [0.5, 0.6) is 5.75 Å². The number of carbonyl (C=O) groups excluding carboxylic acids is 1. The van der Waals surface area contributed by atoms with Crippen molar-refractivity contribution in [2.75, 3.05) is 23.4 Å². The van der Waals surface area contributed by atoms with Gasteiger partial charge in [-0.1, -0.05) is 6.92 Å². The maximum Gasteiger partial charge on any atom is 0.255 e. The summed E-state index contributed by atoms with van der Waals surface area (Å²) in [5.74, 6) is 0.219. The number of rotatable bonds is 8.